The Kier molecular flexibility index (Phi) is 1.78. The van der Waals surface area contributed by atoms with E-state index < -0.39 is 0 Å². The lowest BCUT2D eigenvalue weighted by molar-refractivity contribution is 0.762. The minimum Gasteiger partial charge on any atom is -0.308 e. The summed E-state index contributed by atoms with van der Waals surface area (Å²) in [6.07, 6.45) is 0. The summed E-state index contributed by atoms with van der Waals surface area (Å²) in [4.78, 5) is 4.35. The fourth-order valence-corrected chi connectivity index (χ4v) is 1.85. The third-order valence-electron chi connectivity index (χ3n) is 2.52. The van der Waals surface area contributed by atoms with Crippen LogP contribution in [0.2, 0.25) is 0 Å². The van der Waals surface area contributed by atoms with E-state index in [2.05, 4.69) is 16.4 Å². The van der Waals surface area contributed by atoms with Crippen molar-refractivity contribution in [3.05, 3.63) is 28.1 Å². The zero-order chi connectivity index (χ0) is 9.42. The van der Waals surface area contributed by atoms with Crippen LogP contribution in [0.25, 0.3) is 0 Å². The number of nitrogens with zero attached hydrogens (tertiary/aromatic N) is 2. The summed E-state index contributed by atoms with van der Waals surface area (Å²) in [7, 11) is 0. The maximum absolute atomic E-state index is 8.96. The molecule has 0 atom stereocenters. The number of fused-ring (bicyclic) bond motifs is 1. The van der Waals surface area contributed by atoms with Gasteiger partial charge < -0.3 is 5.32 Å². The van der Waals surface area contributed by atoms with Gasteiger partial charge in [0.2, 0.25) is 0 Å². The average molecular weight is 173 g/mol. The molecule has 66 valence electrons. The quantitative estimate of drug-likeness (QED) is 0.640. The summed E-state index contributed by atoms with van der Waals surface area (Å²) in [6.45, 7) is 5.55. The largest absolute Gasteiger partial charge is 0.308 e. The molecular formula is C10H11N3. The number of aryl methyl sites for hydroxylation is 2. The van der Waals surface area contributed by atoms with Crippen LogP contribution in [0, 0.1) is 25.2 Å². The number of hydrogen-bond acceptors (Lipinski definition) is 3. The van der Waals surface area contributed by atoms with Crippen LogP contribution in [0.4, 0.5) is 0 Å². The molecule has 0 radical (unpaired) electrons. The first kappa shape index (κ1) is 8.21. The summed E-state index contributed by atoms with van der Waals surface area (Å²) >= 11 is 0. The normalized spacial score (nSPS) is 13.9. The van der Waals surface area contributed by atoms with E-state index in [9.17, 15) is 0 Å². The van der Waals surface area contributed by atoms with Gasteiger partial charge in [0, 0.05) is 18.8 Å². The minimum atomic E-state index is 0.755. The van der Waals surface area contributed by atoms with Crippen LogP contribution in [0.15, 0.2) is 0 Å². The lowest BCUT2D eigenvalue weighted by Crippen LogP contribution is -2.00. The molecule has 0 saturated carbocycles. The Hall–Kier alpha value is -1.40. The van der Waals surface area contributed by atoms with Gasteiger partial charge in [-0.1, -0.05) is 0 Å². The number of hydrogen-bond donors (Lipinski definition) is 1. The Bertz CT molecular complexity index is 402. The SMILES string of the molecule is Cc1nc(C)c2c(c1C#N)CNC2. The highest BCUT2D eigenvalue weighted by Gasteiger charge is 2.19. The predicted octanol–water partition coefficient (Wildman–Crippen LogP) is 1.17. The lowest BCUT2D eigenvalue weighted by Gasteiger charge is -2.06. The van der Waals surface area contributed by atoms with Crippen LogP contribution >= 0.6 is 0 Å². The van der Waals surface area contributed by atoms with Gasteiger partial charge in [0.05, 0.1) is 11.3 Å². The van der Waals surface area contributed by atoms with Gasteiger partial charge in [-0.05, 0) is 25.0 Å². The van der Waals surface area contributed by atoms with E-state index >= 15 is 0 Å². The van der Waals surface area contributed by atoms with Crippen molar-refractivity contribution >= 4 is 0 Å². The van der Waals surface area contributed by atoms with Crippen molar-refractivity contribution in [2.45, 2.75) is 26.9 Å². The van der Waals surface area contributed by atoms with Crippen molar-refractivity contribution in [3.8, 4) is 6.07 Å². The molecule has 0 amide bonds. The minimum absolute atomic E-state index is 0.755. The highest BCUT2D eigenvalue weighted by Crippen LogP contribution is 2.23. The topological polar surface area (TPSA) is 48.7 Å². The second-order valence-corrected chi connectivity index (χ2v) is 3.33. The molecule has 1 N–H and O–H groups in total. The van der Waals surface area contributed by atoms with E-state index in [1.807, 2.05) is 13.8 Å². The summed E-state index contributed by atoms with van der Waals surface area (Å²) in [5.41, 5.74) is 5.01. The second-order valence-electron chi connectivity index (χ2n) is 3.33. The van der Waals surface area contributed by atoms with Crippen LogP contribution in [-0.4, -0.2) is 4.98 Å². The zero-order valence-electron chi connectivity index (χ0n) is 7.81. The highest BCUT2D eigenvalue weighted by atomic mass is 14.9. The van der Waals surface area contributed by atoms with E-state index in [-0.39, 0.29) is 0 Å². The molecule has 0 unspecified atom stereocenters. The predicted molar refractivity (Wildman–Crippen MR) is 49.0 cm³/mol. The molecule has 2 heterocycles. The number of rotatable bonds is 0. The molecule has 3 nitrogen and oxygen atoms in total. The van der Waals surface area contributed by atoms with Gasteiger partial charge in [-0.2, -0.15) is 5.26 Å². The number of aromatic nitrogens is 1. The monoisotopic (exact) mass is 173 g/mol. The molecule has 2 rings (SSSR count). The van der Waals surface area contributed by atoms with E-state index in [4.69, 9.17) is 5.26 Å². The van der Waals surface area contributed by atoms with Crippen molar-refractivity contribution in [1.82, 2.24) is 10.3 Å². The highest BCUT2D eigenvalue weighted by molar-refractivity contribution is 5.48. The molecule has 0 bridgehead atoms. The summed E-state index contributed by atoms with van der Waals surface area (Å²) in [6, 6.07) is 2.22. The van der Waals surface area contributed by atoms with Gasteiger partial charge in [0.1, 0.15) is 6.07 Å². The Morgan fingerprint density at radius 2 is 1.92 bits per heavy atom. The van der Waals surface area contributed by atoms with Gasteiger partial charge in [-0.3, -0.25) is 4.98 Å². The summed E-state index contributed by atoms with van der Waals surface area (Å²) in [5, 5.41) is 12.2. The fraction of sp³-hybridized carbons (Fsp3) is 0.400. The fourth-order valence-electron chi connectivity index (χ4n) is 1.85. The first-order valence-electron chi connectivity index (χ1n) is 4.34. The van der Waals surface area contributed by atoms with Gasteiger partial charge >= 0.3 is 0 Å². The van der Waals surface area contributed by atoms with Crippen molar-refractivity contribution in [2.24, 2.45) is 0 Å². The third-order valence-corrected chi connectivity index (χ3v) is 2.52. The Morgan fingerprint density at radius 3 is 2.62 bits per heavy atom. The van der Waals surface area contributed by atoms with Crippen LogP contribution < -0.4 is 5.32 Å². The van der Waals surface area contributed by atoms with E-state index in [0.717, 1.165) is 35.6 Å². The molecule has 0 fully saturated rings. The lowest BCUT2D eigenvalue weighted by atomic mass is 10.0. The van der Waals surface area contributed by atoms with Crippen molar-refractivity contribution < 1.29 is 0 Å². The standard InChI is InChI=1S/C10H11N3/c1-6-8(3-11)10-5-12-4-9(10)7(2)13-6/h12H,4-5H2,1-2H3. The van der Waals surface area contributed by atoms with E-state index in [0.29, 0.717) is 0 Å². The average Bonchev–Trinajstić information content (AvgIpc) is 2.53. The van der Waals surface area contributed by atoms with Gasteiger partial charge in [0.25, 0.3) is 0 Å². The number of nitriles is 1. The first-order chi connectivity index (χ1) is 6.24. The van der Waals surface area contributed by atoms with Crippen LogP contribution in [0.3, 0.4) is 0 Å². The van der Waals surface area contributed by atoms with Gasteiger partial charge in [0.15, 0.2) is 0 Å². The zero-order valence-corrected chi connectivity index (χ0v) is 7.81. The number of nitrogens with one attached hydrogen (secondary N) is 1. The molecule has 0 saturated heterocycles. The van der Waals surface area contributed by atoms with Crippen molar-refractivity contribution in [2.75, 3.05) is 0 Å². The smallest absolute Gasteiger partial charge is 0.101 e. The Morgan fingerprint density at radius 1 is 1.23 bits per heavy atom. The first-order valence-corrected chi connectivity index (χ1v) is 4.34. The molecule has 13 heavy (non-hydrogen) atoms. The molecule has 0 aliphatic carbocycles. The molecule has 3 heteroatoms. The van der Waals surface area contributed by atoms with Gasteiger partial charge in [-0.25, -0.2) is 0 Å². The van der Waals surface area contributed by atoms with Gasteiger partial charge in [-0.15, -0.1) is 0 Å². The Balaban J connectivity index is 2.74. The molecular weight excluding hydrogens is 162 g/mol. The molecule has 0 spiro atoms. The van der Waals surface area contributed by atoms with Crippen molar-refractivity contribution in [3.63, 3.8) is 0 Å². The third kappa shape index (κ3) is 1.11. The molecule has 1 aliphatic heterocycles. The summed E-state index contributed by atoms with van der Waals surface area (Å²) < 4.78 is 0. The van der Waals surface area contributed by atoms with E-state index in [1.165, 1.54) is 5.56 Å². The molecule has 0 aromatic carbocycles. The molecule has 1 aromatic heterocycles. The molecule has 1 aromatic rings. The van der Waals surface area contributed by atoms with Crippen molar-refractivity contribution in [1.29, 1.82) is 5.26 Å². The number of pyridine rings is 1. The van der Waals surface area contributed by atoms with Crippen LogP contribution in [0.1, 0.15) is 28.1 Å². The van der Waals surface area contributed by atoms with E-state index in [1.54, 1.807) is 0 Å². The van der Waals surface area contributed by atoms with Crippen LogP contribution in [0.5, 0.6) is 0 Å². The molecule has 1 aliphatic rings. The summed E-state index contributed by atoms with van der Waals surface area (Å²) in [5.74, 6) is 0. The Labute approximate surface area is 77.4 Å². The maximum Gasteiger partial charge on any atom is 0.101 e. The van der Waals surface area contributed by atoms with Crippen LogP contribution in [-0.2, 0) is 13.1 Å². The second kappa shape index (κ2) is 2.82. The maximum atomic E-state index is 8.96.